The molecule has 1 aliphatic heterocycles. The Kier molecular flexibility index (Phi) is 3.49. The van der Waals surface area contributed by atoms with Crippen LogP contribution in [0.2, 0.25) is 0 Å². The summed E-state index contributed by atoms with van der Waals surface area (Å²) in [7, 11) is 0. The molecule has 1 aromatic carbocycles. The van der Waals surface area contributed by atoms with E-state index < -0.39 is 0 Å². The van der Waals surface area contributed by atoms with Gasteiger partial charge in [0.05, 0.1) is 0 Å². The molecule has 0 amide bonds. The van der Waals surface area contributed by atoms with Crippen molar-refractivity contribution in [3.8, 4) is 0 Å². The lowest BCUT2D eigenvalue weighted by Gasteiger charge is -2.17. The van der Waals surface area contributed by atoms with Gasteiger partial charge in [-0.05, 0) is 30.7 Å². The summed E-state index contributed by atoms with van der Waals surface area (Å²) in [6.07, 6.45) is 3.54. The van der Waals surface area contributed by atoms with E-state index in [1.807, 2.05) is 6.92 Å². The fourth-order valence-electron chi connectivity index (χ4n) is 2.76. The van der Waals surface area contributed by atoms with Gasteiger partial charge in [-0.15, -0.1) is 5.10 Å². The third-order valence-corrected chi connectivity index (χ3v) is 3.78. The molecule has 0 radical (unpaired) electrons. The van der Waals surface area contributed by atoms with Gasteiger partial charge in [0, 0.05) is 20.0 Å². The lowest BCUT2D eigenvalue weighted by atomic mass is 9.92. The van der Waals surface area contributed by atoms with Crippen LogP contribution in [0.3, 0.4) is 0 Å². The molecular weight excluding hydrogens is 238 g/mol. The monoisotopic (exact) mass is 257 g/mol. The summed E-state index contributed by atoms with van der Waals surface area (Å²) in [5.74, 6) is 1.29. The highest BCUT2D eigenvalue weighted by Gasteiger charge is 2.21. The predicted molar refractivity (Wildman–Crippen MR) is 74.3 cm³/mol. The van der Waals surface area contributed by atoms with Crippen molar-refractivity contribution in [3.05, 3.63) is 41.8 Å². The summed E-state index contributed by atoms with van der Waals surface area (Å²) >= 11 is 0. The number of aryl methyl sites for hydroxylation is 1. The van der Waals surface area contributed by atoms with Crippen molar-refractivity contribution in [1.29, 1.82) is 0 Å². The van der Waals surface area contributed by atoms with E-state index in [0.29, 0.717) is 17.8 Å². The van der Waals surface area contributed by atoms with Gasteiger partial charge in [-0.1, -0.05) is 35.4 Å². The molecule has 3 rings (SSSR count). The Balaban J connectivity index is 1.69. The van der Waals surface area contributed by atoms with Crippen LogP contribution < -0.4 is 4.90 Å². The van der Waals surface area contributed by atoms with Gasteiger partial charge in [0.1, 0.15) is 0 Å². The van der Waals surface area contributed by atoms with Gasteiger partial charge in [0.15, 0.2) is 0 Å². The van der Waals surface area contributed by atoms with Crippen LogP contribution in [0.15, 0.2) is 34.7 Å². The van der Waals surface area contributed by atoms with Crippen molar-refractivity contribution in [2.45, 2.75) is 32.1 Å². The Labute approximate surface area is 113 Å². The highest BCUT2D eigenvalue weighted by atomic mass is 16.4. The van der Waals surface area contributed by atoms with Crippen LogP contribution in [0.5, 0.6) is 0 Å². The summed E-state index contributed by atoms with van der Waals surface area (Å²) in [4.78, 5) is 2.21. The first-order chi connectivity index (χ1) is 9.33. The molecule has 1 aliphatic rings. The summed E-state index contributed by atoms with van der Waals surface area (Å²) in [6, 6.07) is 11.5. The molecule has 0 saturated carbocycles. The van der Waals surface area contributed by atoms with E-state index in [1.165, 1.54) is 18.4 Å². The number of nitrogens with zero attached hydrogens (tertiary/aromatic N) is 3. The number of hydrogen-bond donors (Lipinski definition) is 0. The fourth-order valence-corrected chi connectivity index (χ4v) is 2.76. The molecule has 19 heavy (non-hydrogen) atoms. The molecule has 0 spiro atoms. The summed E-state index contributed by atoms with van der Waals surface area (Å²) in [5.41, 5.74) is 1.45. The minimum Gasteiger partial charge on any atom is -0.408 e. The third kappa shape index (κ3) is 2.78. The van der Waals surface area contributed by atoms with Crippen molar-refractivity contribution < 1.29 is 4.42 Å². The van der Waals surface area contributed by atoms with Crippen molar-refractivity contribution in [2.75, 3.05) is 18.0 Å². The van der Waals surface area contributed by atoms with E-state index in [2.05, 4.69) is 45.4 Å². The zero-order chi connectivity index (χ0) is 13.1. The van der Waals surface area contributed by atoms with Crippen molar-refractivity contribution >= 4 is 6.01 Å². The molecule has 4 nitrogen and oxygen atoms in total. The second-order valence-electron chi connectivity index (χ2n) is 5.13. The molecule has 1 unspecified atom stereocenters. The Hall–Kier alpha value is -1.84. The first-order valence-electron chi connectivity index (χ1n) is 6.93. The van der Waals surface area contributed by atoms with Crippen LogP contribution in [0.1, 0.15) is 36.6 Å². The number of hydrogen-bond acceptors (Lipinski definition) is 4. The van der Waals surface area contributed by atoms with Crippen LogP contribution in [-0.4, -0.2) is 23.3 Å². The zero-order valence-electron chi connectivity index (χ0n) is 11.2. The second-order valence-corrected chi connectivity index (χ2v) is 5.13. The molecule has 1 saturated heterocycles. The van der Waals surface area contributed by atoms with Crippen LogP contribution in [0, 0.1) is 6.92 Å². The van der Waals surface area contributed by atoms with E-state index in [0.717, 1.165) is 19.5 Å². The second kappa shape index (κ2) is 5.43. The van der Waals surface area contributed by atoms with Crippen LogP contribution >= 0.6 is 0 Å². The average molecular weight is 257 g/mol. The smallest absolute Gasteiger partial charge is 0.318 e. The van der Waals surface area contributed by atoms with Crippen LogP contribution in [0.4, 0.5) is 6.01 Å². The van der Waals surface area contributed by atoms with Gasteiger partial charge in [0.2, 0.25) is 5.89 Å². The first-order valence-corrected chi connectivity index (χ1v) is 6.93. The molecule has 1 fully saturated rings. The predicted octanol–water partition coefficient (Wildman–Crippen LogP) is 3.15. The topological polar surface area (TPSA) is 42.2 Å². The molecule has 1 aromatic heterocycles. The molecule has 2 aromatic rings. The number of benzene rings is 1. The Morgan fingerprint density at radius 2 is 1.95 bits per heavy atom. The quantitative estimate of drug-likeness (QED) is 0.828. The molecule has 100 valence electrons. The van der Waals surface area contributed by atoms with E-state index in [1.54, 1.807) is 0 Å². The molecule has 0 aliphatic carbocycles. The average Bonchev–Trinajstić information content (AvgIpc) is 2.74. The molecule has 4 heteroatoms. The molecule has 0 N–H and O–H groups in total. The molecular formula is C15H19N3O. The minimum absolute atomic E-state index is 0.638. The van der Waals surface area contributed by atoms with Gasteiger partial charge in [0.25, 0.3) is 0 Å². The Morgan fingerprint density at radius 3 is 2.68 bits per heavy atom. The highest BCUT2D eigenvalue weighted by Crippen LogP contribution is 2.29. The van der Waals surface area contributed by atoms with Gasteiger partial charge in [-0.25, -0.2) is 0 Å². The number of aromatic nitrogens is 2. The fraction of sp³-hybridized carbons (Fsp3) is 0.467. The maximum absolute atomic E-state index is 5.52. The number of rotatable bonds is 2. The zero-order valence-corrected chi connectivity index (χ0v) is 11.2. The standard InChI is InChI=1S/C15H19N3O/c1-12-16-17-15(19-12)18-10-5-8-14(9-11-18)13-6-3-2-4-7-13/h2-4,6-7,14H,5,8-11H2,1H3. The van der Waals surface area contributed by atoms with Crippen molar-refractivity contribution in [3.63, 3.8) is 0 Å². The largest absolute Gasteiger partial charge is 0.408 e. The molecule has 0 bridgehead atoms. The Bertz CT molecular complexity index is 523. The maximum atomic E-state index is 5.52. The lowest BCUT2D eigenvalue weighted by molar-refractivity contribution is 0.503. The van der Waals surface area contributed by atoms with Gasteiger partial charge in [-0.3, -0.25) is 0 Å². The Morgan fingerprint density at radius 1 is 1.11 bits per heavy atom. The lowest BCUT2D eigenvalue weighted by Crippen LogP contribution is -2.24. The van der Waals surface area contributed by atoms with Crippen LogP contribution in [0.25, 0.3) is 0 Å². The normalized spacial score (nSPS) is 20.3. The minimum atomic E-state index is 0.638. The highest BCUT2D eigenvalue weighted by molar-refractivity contribution is 5.26. The van der Waals surface area contributed by atoms with Crippen molar-refractivity contribution in [2.24, 2.45) is 0 Å². The summed E-state index contributed by atoms with van der Waals surface area (Å²) in [6.45, 7) is 3.83. The number of anilines is 1. The first kappa shape index (κ1) is 12.2. The van der Waals surface area contributed by atoms with Gasteiger partial charge in [-0.2, -0.15) is 0 Å². The maximum Gasteiger partial charge on any atom is 0.318 e. The van der Waals surface area contributed by atoms with E-state index in [-0.39, 0.29) is 0 Å². The van der Waals surface area contributed by atoms with Gasteiger partial charge < -0.3 is 9.32 Å². The molecule has 2 heterocycles. The van der Waals surface area contributed by atoms with E-state index in [9.17, 15) is 0 Å². The SMILES string of the molecule is Cc1nnc(N2CCCC(c3ccccc3)CC2)o1. The van der Waals surface area contributed by atoms with E-state index in [4.69, 9.17) is 4.42 Å². The van der Waals surface area contributed by atoms with Crippen molar-refractivity contribution in [1.82, 2.24) is 10.2 Å². The summed E-state index contributed by atoms with van der Waals surface area (Å²) < 4.78 is 5.52. The third-order valence-electron chi connectivity index (χ3n) is 3.78. The van der Waals surface area contributed by atoms with Gasteiger partial charge >= 0.3 is 6.01 Å². The molecule has 1 atom stereocenters. The summed E-state index contributed by atoms with van der Waals surface area (Å²) in [5, 5.41) is 8.03. The van der Waals surface area contributed by atoms with Crippen LogP contribution in [-0.2, 0) is 0 Å². The van der Waals surface area contributed by atoms with E-state index >= 15 is 0 Å².